The van der Waals surface area contributed by atoms with Gasteiger partial charge in [0.1, 0.15) is 79.4 Å². The van der Waals surface area contributed by atoms with E-state index in [9.17, 15) is 81.4 Å². The minimum absolute atomic E-state index is 0.0665. The molecule has 5 aliphatic carbocycles. The Morgan fingerprint density at radius 3 is 1.88 bits per heavy atom. The topological polar surface area (TPSA) is 394 Å². The molecule has 436 valence electrons. The quantitative estimate of drug-likeness (QED) is 0.0713. The molecule has 0 spiro atoms. The van der Waals surface area contributed by atoms with Crippen LogP contribution < -0.4 is 0 Å². The number of allylic oxidation sites excluding steroid dienone is 1. The molecule has 9 rings (SSSR count). The number of aliphatic hydroxyl groups is 14. The lowest BCUT2D eigenvalue weighted by molar-refractivity contribution is -0.399. The Labute approximate surface area is 441 Å². The average molecular weight is 1090 g/mol. The third-order valence-corrected chi connectivity index (χ3v) is 20.9. The highest BCUT2D eigenvalue weighted by Crippen LogP contribution is 2.76. The fraction of sp³-hybridized carbons (Fsp3) is 0.942. The summed E-state index contributed by atoms with van der Waals surface area (Å²) >= 11 is 0. The Balaban J connectivity index is 1.04. The number of carboxylic acid groups (broad SMARTS) is 1. The summed E-state index contributed by atoms with van der Waals surface area (Å²) in [5, 5.41) is 166. The van der Waals surface area contributed by atoms with Gasteiger partial charge in [-0.1, -0.05) is 60.1 Å². The molecular formula is C52H84O24. The zero-order chi connectivity index (χ0) is 55.7. The van der Waals surface area contributed by atoms with Gasteiger partial charge in [0.15, 0.2) is 31.3 Å². The maximum atomic E-state index is 13.0. The summed E-state index contributed by atoms with van der Waals surface area (Å²) in [6.07, 6.45) is -32.1. The zero-order valence-corrected chi connectivity index (χ0v) is 44.2. The van der Waals surface area contributed by atoms with E-state index >= 15 is 0 Å². The van der Waals surface area contributed by atoms with Gasteiger partial charge in [-0.15, -0.1) is 0 Å². The van der Waals surface area contributed by atoms with E-state index in [-0.39, 0.29) is 17.3 Å². The summed E-state index contributed by atoms with van der Waals surface area (Å²) in [5.41, 5.74) is -3.49. The molecule has 24 nitrogen and oxygen atoms in total. The number of hydrogen-bond donors (Lipinski definition) is 15. The van der Waals surface area contributed by atoms with Crippen LogP contribution in [0.15, 0.2) is 11.6 Å². The first kappa shape index (κ1) is 59.0. The molecule has 15 N–H and O–H groups in total. The minimum Gasteiger partial charge on any atom is -0.479 e. The Bertz CT molecular complexity index is 2110. The molecule has 0 aromatic heterocycles. The third kappa shape index (κ3) is 9.08. The molecule has 4 heterocycles. The number of aliphatic carboxylic acids is 1. The predicted octanol–water partition coefficient (Wildman–Crippen LogP) is -3.28. The van der Waals surface area contributed by atoms with Gasteiger partial charge < -0.3 is 114 Å². The van der Waals surface area contributed by atoms with E-state index in [2.05, 4.69) is 33.8 Å². The third-order valence-electron chi connectivity index (χ3n) is 20.9. The van der Waals surface area contributed by atoms with Crippen molar-refractivity contribution >= 4 is 5.97 Å². The molecule has 29 atom stereocenters. The molecule has 0 amide bonds. The van der Waals surface area contributed by atoms with Gasteiger partial charge in [0.2, 0.25) is 0 Å². The summed E-state index contributed by atoms with van der Waals surface area (Å²) in [6, 6.07) is 0. The molecule has 0 bridgehead atoms. The number of rotatable bonds is 11. The van der Waals surface area contributed by atoms with E-state index in [0.717, 1.165) is 5.57 Å². The van der Waals surface area contributed by atoms with Crippen molar-refractivity contribution in [1.82, 2.24) is 0 Å². The van der Waals surface area contributed by atoms with Gasteiger partial charge in [-0.3, -0.25) is 0 Å². The molecule has 3 unspecified atom stereocenters. The second-order valence-corrected chi connectivity index (χ2v) is 25.7. The van der Waals surface area contributed by atoms with Crippen molar-refractivity contribution in [3.63, 3.8) is 0 Å². The average Bonchev–Trinajstić information content (AvgIpc) is 3.49. The van der Waals surface area contributed by atoms with Gasteiger partial charge in [-0.2, -0.15) is 0 Å². The fourth-order valence-corrected chi connectivity index (χ4v) is 16.4. The van der Waals surface area contributed by atoms with E-state index in [4.69, 9.17) is 37.9 Å². The normalized spacial score (nSPS) is 55.0. The lowest BCUT2D eigenvalue weighted by atomic mass is 9.32. The summed E-state index contributed by atoms with van der Waals surface area (Å²) in [4.78, 5) is 13.0. The second kappa shape index (κ2) is 20.9. The number of fused-ring (bicyclic) bond motifs is 7. The molecule has 4 saturated heterocycles. The lowest BCUT2D eigenvalue weighted by Crippen LogP contribution is -2.74. The number of ether oxygens (including phenoxy) is 8. The van der Waals surface area contributed by atoms with Crippen molar-refractivity contribution in [3.05, 3.63) is 11.6 Å². The van der Waals surface area contributed by atoms with Crippen LogP contribution >= 0.6 is 0 Å². The summed E-state index contributed by atoms with van der Waals surface area (Å²) < 4.78 is 48.3. The highest BCUT2D eigenvalue weighted by atomic mass is 16.8. The number of carboxylic acids is 1. The first-order chi connectivity index (χ1) is 35.5. The summed E-state index contributed by atoms with van der Waals surface area (Å²) in [7, 11) is 0. The van der Waals surface area contributed by atoms with Crippen molar-refractivity contribution in [2.75, 3.05) is 26.4 Å². The van der Waals surface area contributed by atoms with Crippen LogP contribution in [0.1, 0.15) is 93.4 Å². The highest BCUT2D eigenvalue weighted by molar-refractivity contribution is 5.73. The van der Waals surface area contributed by atoms with Crippen LogP contribution in [-0.4, -0.2) is 244 Å². The first-order valence-electron chi connectivity index (χ1n) is 26.9. The molecule has 8 fully saturated rings. The van der Waals surface area contributed by atoms with Crippen LogP contribution in [0.25, 0.3) is 0 Å². The molecular weight excluding hydrogens is 1010 g/mol. The Morgan fingerprint density at radius 1 is 0.618 bits per heavy atom. The van der Waals surface area contributed by atoms with E-state index in [1.54, 1.807) is 0 Å². The van der Waals surface area contributed by atoms with Crippen molar-refractivity contribution in [1.29, 1.82) is 0 Å². The van der Waals surface area contributed by atoms with E-state index < -0.39 is 200 Å². The summed E-state index contributed by atoms with van der Waals surface area (Å²) in [6.45, 7) is 12.1. The second-order valence-electron chi connectivity index (χ2n) is 25.7. The number of aliphatic hydroxyl groups excluding tert-OH is 14. The molecule has 0 aromatic carbocycles. The van der Waals surface area contributed by atoms with Gasteiger partial charge in [0, 0.05) is 5.41 Å². The SMILES string of the molecule is CC1(C)CC2C3=CCC4[C@@]5(C)CC[C@H](O[C@@H]6O[C@H](C(=O)O)[C@@H](O)[C@H](O[C@@H]7OC[C@H](O)[C@H](O)[C@H]7O[C@@H]7OC[C@@H](O)[C@H](O)[C@H]7O)[C@H]6O[C@@H]6O[C@H](CO)[C@H](O)[C@H](O)[C@H]6O)C(C)(C)C5CC[C@@]4(C)[C@]3(C)[C@@H](O)[C@@H](O)[C@@]2(CO)[C@@H](O)C1. The first-order valence-corrected chi connectivity index (χ1v) is 26.9. The van der Waals surface area contributed by atoms with Crippen molar-refractivity contribution < 1.29 is 119 Å². The van der Waals surface area contributed by atoms with Gasteiger partial charge >= 0.3 is 5.97 Å². The maximum Gasteiger partial charge on any atom is 0.335 e. The maximum absolute atomic E-state index is 13.0. The fourth-order valence-electron chi connectivity index (χ4n) is 16.4. The number of carbonyl (C=O) groups is 1. The van der Waals surface area contributed by atoms with Crippen LogP contribution in [0.3, 0.4) is 0 Å². The lowest BCUT2D eigenvalue weighted by Gasteiger charge is -2.73. The van der Waals surface area contributed by atoms with Gasteiger partial charge in [0.25, 0.3) is 0 Å². The molecule has 4 aliphatic heterocycles. The van der Waals surface area contributed by atoms with Crippen LogP contribution in [0.4, 0.5) is 0 Å². The standard InChI is InChI=1S/C52H84O24/c1-47(2)14-21-20-8-9-26-49(5)12-11-28(48(3,4)25(49)10-13-50(26,6)51(20,7)40(65)41(66)52(21,19-54)27(57)15-47)72-46-39(76-44-34(63)32(61)31(60)24(16-53)71-44)36(35(64)37(74-46)42(67)68)73-45-38(30(59)23(56)18-70-45)75-43-33(62)29(58)22(55)17-69-43/h8,21-41,43-46,53-66H,9-19H2,1-7H3,(H,67,68)/t21?,22-,23+,24-,25?,26?,27+,28+,29+,30+,31+,32+,33-,34-,35+,36+,37+,38-,39-,40+,41-,43+,44+,45+,46-,49+,50-,51+,52-/m1/s1. The molecule has 0 aromatic rings. The molecule has 9 aliphatic rings. The van der Waals surface area contributed by atoms with E-state index in [0.29, 0.717) is 44.9 Å². The monoisotopic (exact) mass is 1090 g/mol. The van der Waals surface area contributed by atoms with Gasteiger partial charge in [-0.25, -0.2) is 4.79 Å². The zero-order valence-electron chi connectivity index (χ0n) is 44.2. The predicted molar refractivity (Wildman–Crippen MR) is 255 cm³/mol. The highest BCUT2D eigenvalue weighted by Gasteiger charge is 2.74. The molecule has 4 saturated carbocycles. The minimum atomic E-state index is -2.20. The molecule has 24 heteroatoms. The van der Waals surface area contributed by atoms with Gasteiger partial charge in [0.05, 0.1) is 56.3 Å². The largest absolute Gasteiger partial charge is 0.479 e. The van der Waals surface area contributed by atoms with Crippen molar-refractivity contribution in [3.8, 4) is 0 Å². The van der Waals surface area contributed by atoms with E-state index in [1.165, 1.54) is 0 Å². The molecule has 76 heavy (non-hydrogen) atoms. The van der Waals surface area contributed by atoms with Crippen LogP contribution in [0.5, 0.6) is 0 Å². The Hall–Kier alpha value is -1.67. The van der Waals surface area contributed by atoms with Crippen molar-refractivity contribution in [2.24, 2.45) is 50.2 Å². The van der Waals surface area contributed by atoms with E-state index in [1.807, 2.05) is 20.8 Å². The van der Waals surface area contributed by atoms with Crippen LogP contribution in [-0.2, 0) is 42.7 Å². The van der Waals surface area contributed by atoms with Gasteiger partial charge in [-0.05, 0) is 84.4 Å². The van der Waals surface area contributed by atoms with Crippen LogP contribution in [0.2, 0.25) is 0 Å². The summed E-state index contributed by atoms with van der Waals surface area (Å²) in [5.74, 6) is -2.27. The smallest absolute Gasteiger partial charge is 0.335 e. The Kier molecular flexibility index (Phi) is 16.3. The molecule has 0 radical (unpaired) electrons. The number of hydrogen-bond acceptors (Lipinski definition) is 23. The van der Waals surface area contributed by atoms with Crippen LogP contribution in [0, 0.1) is 50.2 Å². The Morgan fingerprint density at radius 2 is 1.24 bits per heavy atom. The van der Waals surface area contributed by atoms with Crippen molar-refractivity contribution in [2.45, 2.75) is 228 Å².